The lowest BCUT2D eigenvalue weighted by molar-refractivity contribution is 0.254. The Morgan fingerprint density at radius 1 is 1.39 bits per heavy atom. The largest absolute Gasteiger partial charge is 0.496 e. The van der Waals surface area contributed by atoms with E-state index in [1.165, 1.54) is 5.56 Å². The predicted octanol–water partition coefficient (Wildman–Crippen LogP) is 2.80. The molecule has 2 aliphatic heterocycles. The first kappa shape index (κ1) is 21.5. The molecule has 1 aromatic heterocycles. The quantitative estimate of drug-likeness (QED) is 0.546. The van der Waals surface area contributed by atoms with Crippen molar-refractivity contribution in [3.63, 3.8) is 0 Å². The van der Waals surface area contributed by atoms with Crippen LogP contribution in [0.3, 0.4) is 0 Å². The fourth-order valence-electron chi connectivity index (χ4n) is 4.16. The standard InChI is InChI=1S/C23H34N6O2/c1-6-24-23(26-18-7-8-21-27-22(14(2)3)28-29(21)13-18)25-12-17-11-20-16(9-15(4)31-20)10-19(17)30-5/h10-11,14-15,18H,6-9,12-13H2,1-5H3,(H2,24,25,26). The molecule has 2 aliphatic rings. The minimum atomic E-state index is 0.210. The number of ether oxygens (including phenoxy) is 2. The average Bonchev–Trinajstić information content (AvgIpc) is 3.33. The number of aliphatic imine (C=N–C) groups is 1. The summed E-state index contributed by atoms with van der Waals surface area (Å²) in [5.41, 5.74) is 2.23. The Kier molecular flexibility index (Phi) is 6.34. The van der Waals surface area contributed by atoms with E-state index >= 15 is 0 Å². The SMILES string of the molecule is CCNC(=NCc1cc2c(cc1OC)CC(C)O2)NC1CCc2nc(C(C)C)nn2C1. The van der Waals surface area contributed by atoms with Crippen LogP contribution in [0.5, 0.6) is 11.5 Å². The summed E-state index contributed by atoms with van der Waals surface area (Å²) in [7, 11) is 1.71. The van der Waals surface area contributed by atoms with Gasteiger partial charge in [0.15, 0.2) is 11.8 Å². The first-order valence-electron chi connectivity index (χ1n) is 11.3. The number of guanidine groups is 1. The summed E-state index contributed by atoms with van der Waals surface area (Å²) in [4.78, 5) is 9.52. The van der Waals surface area contributed by atoms with Crippen molar-refractivity contribution in [3.8, 4) is 11.5 Å². The van der Waals surface area contributed by atoms with Crippen LogP contribution in [0.15, 0.2) is 17.1 Å². The van der Waals surface area contributed by atoms with E-state index in [1.54, 1.807) is 7.11 Å². The minimum Gasteiger partial charge on any atom is -0.496 e. The zero-order chi connectivity index (χ0) is 22.0. The molecule has 2 atom stereocenters. The Morgan fingerprint density at radius 3 is 2.97 bits per heavy atom. The van der Waals surface area contributed by atoms with Gasteiger partial charge < -0.3 is 20.1 Å². The Morgan fingerprint density at radius 2 is 2.23 bits per heavy atom. The van der Waals surface area contributed by atoms with E-state index in [-0.39, 0.29) is 12.1 Å². The summed E-state index contributed by atoms with van der Waals surface area (Å²) in [5.74, 6) is 4.97. The van der Waals surface area contributed by atoms with Crippen molar-refractivity contribution in [1.82, 2.24) is 25.4 Å². The smallest absolute Gasteiger partial charge is 0.191 e. The highest BCUT2D eigenvalue weighted by molar-refractivity contribution is 5.80. The number of hydrogen-bond donors (Lipinski definition) is 2. The van der Waals surface area contributed by atoms with Gasteiger partial charge in [-0.2, -0.15) is 5.10 Å². The molecule has 8 heteroatoms. The molecule has 31 heavy (non-hydrogen) atoms. The molecule has 0 bridgehead atoms. The maximum atomic E-state index is 5.92. The van der Waals surface area contributed by atoms with Gasteiger partial charge in [0, 0.05) is 42.5 Å². The molecule has 0 radical (unpaired) electrons. The summed E-state index contributed by atoms with van der Waals surface area (Å²) in [5, 5.41) is 11.6. The molecule has 0 spiro atoms. The van der Waals surface area contributed by atoms with Crippen molar-refractivity contribution < 1.29 is 9.47 Å². The molecule has 8 nitrogen and oxygen atoms in total. The molecular weight excluding hydrogens is 392 g/mol. The number of rotatable bonds is 6. The maximum absolute atomic E-state index is 5.92. The molecule has 2 aromatic rings. The van der Waals surface area contributed by atoms with Gasteiger partial charge >= 0.3 is 0 Å². The molecule has 0 saturated heterocycles. The van der Waals surface area contributed by atoms with Crippen LogP contribution in [0.2, 0.25) is 0 Å². The monoisotopic (exact) mass is 426 g/mol. The third kappa shape index (κ3) is 4.78. The normalized spacial score (nSPS) is 20.3. The molecule has 168 valence electrons. The average molecular weight is 427 g/mol. The van der Waals surface area contributed by atoms with E-state index in [4.69, 9.17) is 14.5 Å². The van der Waals surface area contributed by atoms with Crippen molar-refractivity contribution in [2.24, 2.45) is 4.99 Å². The fourth-order valence-corrected chi connectivity index (χ4v) is 4.16. The van der Waals surface area contributed by atoms with Gasteiger partial charge in [-0.3, -0.25) is 0 Å². The lowest BCUT2D eigenvalue weighted by Gasteiger charge is -2.25. The summed E-state index contributed by atoms with van der Waals surface area (Å²) in [6, 6.07) is 4.42. The van der Waals surface area contributed by atoms with E-state index in [0.717, 1.165) is 67.0 Å². The molecule has 3 heterocycles. The van der Waals surface area contributed by atoms with Gasteiger partial charge in [-0.25, -0.2) is 14.7 Å². The molecule has 0 amide bonds. The Hall–Kier alpha value is -2.77. The van der Waals surface area contributed by atoms with Crippen LogP contribution in [-0.2, 0) is 25.9 Å². The molecular formula is C23H34N6O2. The van der Waals surface area contributed by atoms with Gasteiger partial charge in [0.1, 0.15) is 23.4 Å². The van der Waals surface area contributed by atoms with Crippen LogP contribution in [-0.4, -0.2) is 46.5 Å². The van der Waals surface area contributed by atoms with Crippen LogP contribution in [0, 0.1) is 0 Å². The summed E-state index contributed by atoms with van der Waals surface area (Å²) in [6.45, 7) is 10.5. The van der Waals surface area contributed by atoms with E-state index in [9.17, 15) is 0 Å². The van der Waals surface area contributed by atoms with E-state index in [1.807, 2.05) is 4.68 Å². The second kappa shape index (κ2) is 9.16. The first-order valence-corrected chi connectivity index (χ1v) is 11.3. The molecule has 2 N–H and O–H groups in total. The van der Waals surface area contributed by atoms with Gasteiger partial charge in [0.05, 0.1) is 20.2 Å². The van der Waals surface area contributed by atoms with E-state index in [0.29, 0.717) is 12.5 Å². The highest BCUT2D eigenvalue weighted by Crippen LogP contribution is 2.35. The molecule has 4 rings (SSSR count). The lowest BCUT2D eigenvalue weighted by Crippen LogP contribution is -2.47. The van der Waals surface area contributed by atoms with Gasteiger partial charge in [-0.05, 0) is 32.4 Å². The number of aryl methyl sites for hydroxylation is 1. The fraction of sp³-hybridized carbons (Fsp3) is 0.609. The highest BCUT2D eigenvalue weighted by atomic mass is 16.5. The van der Waals surface area contributed by atoms with Crippen molar-refractivity contribution in [2.75, 3.05) is 13.7 Å². The molecule has 1 aromatic carbocycles. The number of benzene rings is 1. The zero-order valence-electron chi connectivity index (χ0n) is 19.2. The molecule has 0 aliphatic carbocycles. The number of aromatic nitrogens is 3. The van der Waals surface area contributed by atoms with Crippen molar-refractivity contribution >= 4 is 5.96 Å². The van der Waals surface area contributed by atoms with Crippen molar-refractivity contribution in [3.05, 3.63) is 34.9 Å². The number of nitrogens with one attached hydrogen (secondary N) is 2. The van der Waals surface area contributed by atoms with Crippen LogP contribution in [0.25, 0.3) is 0 Å². The topological polar surface area (TPSA) is 85.6 Å². The summed E-state index contributed by atoms with van der Waals surface area (Å²) in [6.07, 6.45) is 3.06. The third-order valence-electron chi connectivity index (χ3n) is 5.78. The van der Waals surface area contributed by atoms with Crippen molar-refractivity contribution in [2.45, 2.75) is 78.1 Å². The van der Waals surface area contributed by atoms with E-state index < -0.39 is 0 Å². The van der Waals surface area contributed by atoms with Crippen LogP contribution in [0.4, 0.5) is 0 Å². The second-order valence-electron chi connectivity index (χ2n) is 8.70. The molecule has 0 saturated carbocycles. The first-order chi connectivity index (χ1) is 15.0. The van der Waals surface area contributed by atoms with Crippen LogP contribution < -0.4 is 20.1 Å². The Balaban J connectivity index is 1.46. The molecule has 2 unspecified atom stereocenters. The number of methoxy groups -OCH3 is 1. The second-order valence-corrected chi connectivity index (χ2v) is 8.70. The van der Waals surface area contributed by atoms with Gasteiger partial charge in [-0.1, -0.05) is 13.8 Å². The minimum absolute atomic E-state index is 0.210. The van der Waals surface area contributed by atoms with Crippen LogP contribution >= 0.6 is 0 Å². The number of fused-ring (bicyclic) bond motifs is 2. The third-order valence-corrected chi connectivity index (χ3v) is 5.78. The predicted molar refractivity (Wildman–Crippen MR) is 121 cm³/mol. The summed E-state index contributed by atoms with van der Waals surface area (Å²) < 4.78 is 13.6. The Bertz CT molecular complexity index is 952. The summed E-state index contributed by atoms with van der Waals surface area (Å²) >= 11 is 0. The van der Waals surface area contributed by atoms with Gasteiger partial charge in [0.2, 0.25) is 0 Å². The van der Waals surface area contributed by atoms with Crippen molar-refractivity contribution in [1.29, 1.82) is 0 Å². The molecule has 0 fully saturated rings. The Labute approximate surface area is 184 Å². The lowest BCUT2D eigenvalue weighted by atomic mass is 10.1. The zero-order valence-corrected chi connectivity index (χ0v) is 19.2. The van der Waals surface area contributed by atoms with Crippen LogP contribution in [0.1, 0.15) is 62.8 Å². The number of nitrogens with zero attached hydrogens (tertiary/aromatic N) is 4. The van der Waals surface area contributed by atoms with Gasteiger partial charge in [0.25, 0.3) is 0 Å². The number of hydrogen-bond acceptors (Lipinski definition) is 5. The highest BCUT2D eigenvalue weighted by Gasteiger charge is 2.24. The van der Waals surface area contributed by atoms with E-state index in [2.05, 4.69) is 60.5 Å². The maximum Gasteiger partial charge on any atom is 0.191 e. The van der Waals surface area contributed by atoms with Gasteiger partial charge in [-0.15, -0.1) is 0 Å².